The molecule has 2 unspecified atom stereocenters. The van der Waals surface area contributed by atoms with E-state index in [9.17, 15) is 14.4 Å². The second-order valence-electron chi connectivity index (χ2n) is 6.49. The van der Waals surface area contributed by atoms with Gasteiger partial charge in [-0.1, -0.05) is 30.3 Å². The summed E-state index contributed by atoms with van der Waals surface area (Å²) in [5.41, 5.74) is 0.894. The number of amides is 2. The predicted octanol–water partition coefficient (Wildman–Crippen LogP) is 1.93. The molecule has 1 aromatic rings. The molecule has 0 bridgehead atoms. The van der Waals surface area contributed by atoms with Crippen molar-refractivity contribution in [3.05, 3.63) is 35.9 Å². The van der Waals surface area contributed by atoms with E-state index in [1.165, 1.54) is 0 Å². The van der Waals surface area contributed by atoms with Crippen molar-refractivity contribution in [1.29, 1.82) is 0 Å². The SMILES string of the molecule is CSCCC(NC(=O)Cc1ccccc1)C(=O)N1CCCC1CC(=O)O. The van der Waals surface area contributed by atoms with Crippen LogP contribution in [0.25, 0.3) is 0 Å². The van der Waals surface area contributed by atoms with Crippen LogP contribution in [0.4, 0.5) is 0 Å². The Kier molecular flexibility index (Phi) is 7.97. The first kappa shape index (κ1) is 20.3. The molecule has 1 aliphatic heterocycles. The molecule has 0 aliphatic carbocycles. The number of hydrogen-bond acceptors (Lipinski definition) is 4. The van der Waals surface area contributed by atoms with Gasteiger partial charge in [0.1, 0.15) is 6.04 Å². The molecular formula is C19H26N2O4S. The number of hydrogen-bond donors (Lipinski definition) is 2. The molecule has 1 aromatic carbocycles. The zero-order valence-corrected chi connectivity index (χ0v) is 15.8. The summed E-state index contributed by atoms with van der Waals surface area (Å²) in [4.78, 5) is 38.0. The number of benzene rings is 1. The van der Waals surface area contributed by atoms with Crippen molar-refractivity contribution in [3.63, 3.8) is 0 Å². The highest BCUT2D eigenvalue weighted by Crippen LogP contribution is 2.22. The Balaban J connectivity index is 2.01. The summed E-state index contributed by atoms with van der Waals surface area (Å²) >= 11 is 1.62. The maximum atomic E-state index is 12.9. The maximum absolute atomic E-state index is 12.9. The van der Waals surface area contributed by atoms with Crippen molar-refractivity contribution >= 4 is 29.5 Å². The molecule has 1 fully saturated rings. The Labute approximate surface area is 158 Å². The largest absolute Gasteiger partial charge is 0.481 e. The molecule has 2 rings (SSSR count). The second kappa shape index (κ2) is 10.2. The minimum Gasteiger partial charge on any atom is -0.481 e. The molecule has 0 saturated carbocycles. The number of rotatable bonds is 9. The van der Waals surface area contributed by atoms with Crippen LogP contribution in [-0.2, 0) is 20.8 Å². The van der Waals surface area contributed by atoms with Crippen molar-refractivity contribution in [2.24, 2.45) is 0 Å². The number of carbonyl (C=O) groups excluding carboxylic acids is 2. The monoisotopic (exact) mass is 378 g/mol. The molecule has 26 heavy (non-hydrogen) atoms. The Morgan fingerprint density at radius 2 is 2.04 bits per heavy atom. The standard InChI is InChI=1S/C19H26N2O4S/c1-26-11-9-16(20-17(22)12-14-6-3-2-4-7-14)19(25)21-10-5-8-15(21)13-18(23)24/h2-4,6-7,15-16H,5,8-13H2,1H3,(H,20,22)(H,23,24). The highest BCUT2D eigenvalue weighted by molar-refractivity contribution is 7.98. The fourth-order valence-electron chi connectivity index (χ4n) is 3.26. The van der Waals surface area contributed by atoms with E-state index in [-0.39, 0.29) is 30.7 Å². The van der Waals surface area contributed by atoms with Crippen molar-refractivity contribution in [3.8, 4) is 0 Å². The van der Waals surface area contributed by atoms with Crippen molar-refractivity contribution in [2.75, 3.05) is 18.6 Å². The van der Waals surface area contributed by atoms with Crippen LogP contribution >= 0.6 is 11.8 Å². The van der Waals surface area contributed by atoms with Gasteiger partial charge in [-0.3, -0.25) is 14.4 Å². The van der Waals surface area contributed by atoms with Gasteiger partial charge in [0.15, 0.2) is 0 Å². The normalized spacial score (nSPS) is 17.7. The summed E-state index contributed by atoms with van der Waals surface area (Å²) in [6.45, 7) is 0.557. The number of thioether (sulfide) groups is 1. The Bertz CT molecular complexity index is 623. The van der Waals surface area contributed by atoms with E-state index in [0.29, 0.717) is 19.4 Å². The van der Waals surface area contributed by atoms with E-state index in [2.05, 4.69) is 5.32 Å². The van der Waals surface area contributed by atoms with Gasteiger partial charge in [0.2, 0.25) is 11.8 Å². The van der Waals surface area contributed by atoms with E-state index in [1.807, 2.05) is 36.6 Å². The van der Waals surface area contributed by atoms with Crippen LogP contribution in [-0.4, -0.2) is 58.4 Å². The molecule has 0 aromatic heterocycles. The zero-order valence-electron chi connectivity index (χ0n) is 15.0. The summed E-state index contributed by atoms with van der Waals surface area (Å²) in [5, 5.41) is 11.9. The molecule has 6 nitrogen and oxygen atoms in total. The van der Waals surface area contributed by atoms with Crippen LogP contribution in [0.1, 0.15) is 31.2 Å². The lowest BCUT2D eigenvalue weighted by molar-refractivity contribution is -0.141. The van der Waals surface area contributed by atoms with Gasteiger partial charge in [0, 0.05) is 12.6 Å². The van der Waals surface area contributed by atoms with Gasteiger partial charge < -0.3 is 15.3 Å². The molecule has 142 valence electrons. The lowest BCUT2D eigenvalue weighted by atomic mass is 10.1. The fraction of sp³-hybridized carbons (Fsp3) is 0.526. The highest BCUT2D eigenvalue weighted by atomic mass is 32.2. The third-order valence-corrected chi connectivity index (χ3v) is 5.17. The average molecular weight is 378 g/mol. The average Bonchev–Trinajstić information content (AvgIpc) is 3.06. The first-order valence-electron chi connectivity index (χ1n) is 8.85. The van der Waals surface area contributed by atoms with Crippen molar-refractivity contribution in [2.45, 2.75) is 44.2 Å². The number of likely N-dealkylation sites (tertiary alicyclic amines) is 1. The molecule has 1 saturated heterocycles. The first-order valence-corrected chi connectivity index (χ1v) is 10.2. The molecular weight excluding hydrogens is 352 g/mol. The quantitative estimate of drug-likeness (QED) is 0.686. The van der Waals surface area contributed by atoms with Crippen LogP contribution in [0.15, 0.2) is 30.3 Å². The number of nitrogens with zero attached hydrogens (tertiary/aromatic N) is 1. The van der Waals surface area contributed by atoms with Gasteiger partial charge in [-0.15, -0.1) is 0 Å². The first-order chi connectivity index (χ1) is 12.5. The summed E-state index contributed by atoms with van der Waals surface area (Å²) in [7, 11) is 0. The molecule has 1 aliphatic rings. The minimum absolute atomic E-state index is 0.0427. The van der Waals surface area contributed by atoms with E-state index < -0.39 is 12.0 Å². The molecule has 2 atom stereocenters. The summed E-state index contributed by atoms with van der Waals surface area (Å²) in [6.07, 6.45) is 4.18. The Morgan fingerprint density at radius 3 is 2.69 bits per heavy atom. The Morgan fingerprint density at radius 1 is 1.31 bits per heavy atom. The molecule has 1 heterocycles. The number of aliphatic carboxylic acids is 1. The van der Waals surface area contributed by atoms with Crippen LogP contribution in [0.5, 0.6) is 0 Å². The van der Waals surface area contributed by atoms with Gasteiger partial charge in [-0.25, -0.2) is 0 Å². The van der Waals surface area contributed by atoms with Gasteiger partial charge in [-0.05, 0) is 36.8 Å². The predicted molar refractivity (Wildman–Crippen MR) is 102 cm³/mol. The fourth-order valence-corrected chi connectivity index (χ4v) is 3.73. The Hall–Kier alpha value is -2.02. The van der Waals surface area contributed by atoms with E-state index in [4.69, 9.17) is 5.11 Å². The summed E-state index contributed by atoms with van der Waals surface area (Å²) < 4.78 is 0. The zero-order chi connectivity index (χ0) is 18.9. The third kappa shape index (κ3) is 6.05. The molecule has 0 radical (unpaired) electrons. The van der Waals surface area contributed by atoms with Crippen LogP contribution in [0.2, 0.25) is 0 Å². The van der Waals surface area contributed by atoms with E-state index in [0.717, 1.165) is 17.7 Å². The maximum Gasteiger partial charge on any atom is 0.305 e. The summed E-state index contributed by atoms with van der Waals surface area (Å²) in [6, 6.07) is 8.51. The number of carboxylic acid groups (broad SMARTS) is 1. The van der Waals surface area contributed by atoms with Crippen molar-refractivity contribution < 1.29 is 19.5 Å². The third-order valence-electron chi connectivity index (χ3n) is 4.52. The van der Waals surface area contributed by atoms with Crippen LogP contribution < -0.4 is 5.32 Å². The van der Waals surface area contributed by atoms with E-state index in [1.54, 1.807) is 16.7 Å². The lowest BCUT2D eigenvalue weighted by Gasteiger charge is -2.28. The van der Waals surface area contributed by atoms with Gasteiger partial charge in [0.25, 0.3) is 0 Å². The summed E-state index contributed by atoms with van der Waals surface area (Å²) in [5.74, 6) is -0.503. The van der Waals surface area contributed by atoms with Crippen molar-refractivity contribution in [1.82, 2.24) is 10.2 Å². The molecule has 2 amide bonds. The minimum atomic E-state index is -0.900. The second-order valence-corrected chi connectivity index (χ2v) is 7.48. The van der Waals surface area contributed by atoms with Crippen LogP contribution in [0.3, 0.4) is 0 Å². The molecule has 0 spiro atoms. The molecule has 2 N–H and O–H groups in total. The van der Waals surface area contributed by atoms with Crippen LogP contribution in [0, 0.1) is 0 Å². The smallest absolute Gasteiger partial charge is 0.305 e. The van der Waals surface area contributed by atoms with Gasteiger partial charge >= 0.3 is 5.97 Å². The highest BCUT2D eigenvalue weighted by Gasteiger charge is 2.34. The lowest BCUT2D eigenvalue weighted by Crippen LogP contribution is -2.51. The topological polar surface area (TPSA) is 86.7 Å². The van der Waals surface area contributed by atoms with Gasteiger partial charge in [-0.2, -0.15) is 11.8 Å². The molecule has 7 heteroatoms. The number of carbonyl (C=O) groups is 3. The van der Waals surface area contributed by atoms with E-state index >= 15 is 0 Å². The number of carboxylic acids is 1. The number of nitrogens with one attached hydrogen (secondary N) is 1. The van der Waals surface area contributed by atoms with Gasteiger partial charge in [0.05, 0.1) is 12.8 Å².